The number of carboxylic acids is 1. The number of benzene rings is 2. The van der Waals surface area contributed by atoms with Crippen LogP contribution >= 0.6 is 11.6 Å². The number of carboxylic acid groups (broad SMARTS) is 1. The summed E-state index contributed by atoms with van der Waals surface area (Å²) in [7, 11) is 0. The Hall–Kier alpha value is -2.39. The number of aromatic nitrogens is 1. The molecule has 20 heavy (non-hydrogen) atoms. The lowest BCUT2D eigenvalue weighted by atomic mass is 10.0. The van der Waals surface area contributed by atoms with E-state index >= 15 is 0 Å². The maximum Gasteiger partial charge on any atom is 0.355 e. The molecular weight excluding hydrogens is 274 g/mol. The first-order valence-corrected chi connectivity index (χ1v) is 6.42. The lowest BCUT2D eigenvalue weighted by molar-refractivity contribution is 0.0692. The van der Waals surface area contributed by atoms with E-state index in [9.17, 15) is 9.90 Å². The van der Waals surface area contributed by atoms with Gasteiger partial charge in [0.15, 0.2) is 5.69 Å². The Kier molecular flexibility index (Phi) is 3.12. The van der Waals surface area contributed by atoms with Gasteiger partial charge in [0.1, 0.15) is 0 Å². The molecule has 1 aromatic heterocycles. The second kappa shape index (κ2) is 4.94. The van der Waals surface area contributed by atoms with Gasteiger partial charge in [-0.25, -0.2) is 9.78 Å². The molecule has 0 spiro atoms. The van der Waals surface area contributed by atoms with Crippen molar-refractivity contribution in [3.63, 3.8) is 0 Å². The minimum Gasteiger partial charge on any atom is -0.476 e. The van der Waals surface area contributed by atoms with Crippen molar-refractivity contribution in [1.29, 1.82) is 0 Å². The van der Waals surface area contributed by atoms with E-state index < -0.39 is 5.97 Å². The van der Waals surface area contributed by atoms with Gasteiger partial charge in [-0.2, -0.15) is 0 Å². The number of aromatic carboxylic acids is 1. The van der Waals surface area contributed by atoms with Gasteiger partial charge >= 0.3 is 5.97 Å². The van der Waals surface area contributed by atoms with Crippen LogP contribution < -0.4 is 0 Å². The molecule has 1 heterocycles. The quantitative estimate of drug-likeness (QED) is 0.765. The number of halogens is 1. The predicted molar refractivity (Wildman–Crippen MR) is 79.1 cm³/mol. The Morgan fingerprint density at radius 2 is 1.75 bits per heavy atom. The van der Waals surface area contributed by atoms with E-state index in [4.69, 9.17) is 11.6 Å². The molecule has 0 saturated heterocycles. The van der Waals surface area contributed by atoms with Gasteiger partial charge in [0.05, 0.1) is 5.52 Å². The van der Waals surface area contributed by atoms with Crippen LogP contribution in [0.5, 0.6) is 0 Å². The number of hydrogen-bond acceptors (Lipinski definition) is 2. The summed E-state index contributed by atoms with van der Waals surface area (Å²) >= 11 is 5.86. The van der Waals surface area contributed by atoms with Crippen LogP contribution in [0.3, 0.4) is 0 Å². The maximum absolute atomic E-state index is 11.4. The summed E-state index contributed by atoms with van der Waals surface area (Å²) in [5.74, 6) is -1.04. The summed E-state index contributed by atoms with van der Waals surface area (Å²) in [5, 5.41) is 10.9. The number of nitrogens with zero attached hydrogens (tertiary/aromatic N) is 1. The van der Waals surface area contributed by atoms with E-state index in [0.717, 1.165) is 10.9 Å². The lowest BCUT2D eigenvalue weighted by Gasteiger charge is -2.08. The van der Waals surface area contributed by atoms with E-state index in [2.05, 4.69) is 4.98 Å². The second-order valence-electron chi connectivity index (χ2n) is 4.39. The zero-order valence-electron chi connectivity index (χ0n) is 10.4. The first-order valence-electron chi connectivity index (χ1n) is 6.04. The third-order valence-electron chi connectivity index (χ3n) is 3.08. The van der Waals surface area contributed by atoms with Crippen LogP contribution in [0.1, 0.15) is 10.5 Å². The fourth-order valence-corrected chi connectivity index (χ4v) is 2.25. The highest BCUT2D eigenvalue weighted by Crippen LogP contribution is 2.27. The van der Waals surface area contributed by atoms with Crippen LogP contribution in [0, 0.1) is 0 Å². The van der Waals surface area contributed by atoms with Crippen molar-refractivity contribution in [2.75, 3.05) is 0 Å². The molecule has 0 aliphatic rings. The number of carbonyl (C=O) groups is 1. The van der Waals surface area contributed by atoms with Gasteiger partial charge in [-0.1, -0.05) is 41.9 Å². The third kappa shape index (κ3) is 2.24. The van der Waals surface area contributed by atoms with Gasteiger partial charge in [-0.3, -0.25) is 0 Å². The molecule has 98 valence electrons. The zero-order chi connectivity index (χ0) is 14.1. The number of hydrogen-bond donors (Lipinski definition) is 1. The van der Waals surface area contributed by atoms with Gasteiger partial charge in [0.2, 0.25) is 0 Å². The van der Waals surface area contributed by atoms with Crippen LogP contribution in [-0.4, -0.2) is 16.1 Å². The SMILES string of the molecule is O=C(O)c1nc2ccccc2cc1-c1ccc(Cl)cc1. The van der Waals surface area contributed by atoms with Gasteiger partial charge in [0.25, 0.3) is 0 Å². The Morgan fingerprint density at radius 3 is 2.45 bits per heavy atom. The van der Waals surface area contributed by atoms with Crippen molar-refractivity contribution in [2.24, 2.45) is 0 Å². The lowest BCUT2D eigenvalue weighted by Crippen LogP contribution is -2.03. The number of para-hydroxylation sites is 1. The van der Waals surface area contributed by atoms with Crippen LogP contribution in [0.25, 0.3) is 22.0 Å². The van der Waals surface area contributed by atoms with Gasteiger partial charge < -0.3 is 5.11 Å². The first-order chi connectivity index (χ1) is 9.65. The molecule has 2 aromatic carbocycles. The minimum atomic E-state index is -1.04. The number of pyridine rings is 1. The van der Waals surface area contributed by atoms with Crippen molar-refractivity contribution < 1.29 is 9.90 Å². The standard InChI is InChI=1S/C16H10ClNO2/c17-12-7-5-10(6-8-12)13-9-11-3-1-2-4-14(11)18-15(13)16(19)20/h1-9H,(H,19,20). The van der Waals surface area contributed by atoms with Crippen LogP contribution in [-0.2, 0) is 0 Å². The Bertz CT molecular complexity index is 797. The third-order valence-corrected chi connectivity index (χ3v) is 3.33. The fraction of sp³-hybridized carbons (Fsp3) is 0. The number of fused-ring (bicyclic) bond motifs is 1. The monoisotopic (exact) mass is 283 g/mol. The smallest absolute Gasteiger partial charge is 0.355 e. The fourth-order valence-electron chi connectivity index (χ4n) is 2.13. The van der Waals surface area contributed by atoms with Gasteiger partial charge in [-0.15, -0.1) is 0 Å². The molecule has 0 unspecified atom stereocenters. The van der Waals surface area contributed by atoms with Crippen molar-refractivity contribution in [3.8, 4) is 11.1 Å². The minimum absolute atomic E-state index is 0.0472. The molecule has 0 saturated carbocycles. The van der Waals surface area contributed by atoms with Crippen LogP contribution in [0.15, 0.2) is 54.6 Å². The molecule has 1 N–H and O–H groups in total. The van der Waals surface area contributed by atoms with Crippen molar-refractivity contribution >= 4 is 28.5 Å². The van der Waals surface area contributed by atoms with Crippen molar-refractivity contribution in [3.05, 3.63) is 65.3 Å². The average molecular weight is 284 g/mol. The van der Waals surface area contributed by atoms with Crippen molar-refractivity contribution in [2.45, 2.75) is 0 Å². The molecule has 3 nitrogen and oxygen atoms in total. The maximum atomic E-state index is 11.4. The highest BCUT2D eigenvalue weighted by molar-refractivity contribution is 6.30. The average Bonchev–Trinajstić information content (AvgIpc) is 2.46. The second-order valence-corrected chi connectivity index (χ2v) is 4.83. The first kappa shape index (κ1) is 12.6. The van der Waals surface area contributed by atoms with Crippen LogP contribution in [0.2, 0.25) is 5.02 Å². The summed E-state index contributed by atoms with van der Waals surface area (Å²) in [6, 6.07) is 16.3. The molecule has 0 radical (unpaired) electrons. The van der Waals surface area contributed by atoms with Gasteiger partial charge in [-0.05, 0) is 29.8 Å². The largest absolute Gasteiger partial charge is 0.476 e. The molecule has 4 heteroatoms. The highest BCUT2D eigenvalue weighted by Gasteiger charge is 2.15. The Labute approximate surface area is 120 Å². The summed E-state index contributed by atoms with van der Waals surface area (Å²) in [6.07, 6.45) is 0. The molecule has 0 amide bonds. The Balaban J connectivity index is 2.29. The summed E-state index contributed by atoms with van der Waals surface area (Å²) in [4.78, 5) is 15.7. The normalized spacial score (nSPS) is 10.7. The molecule has 0 aliphatic heterocycles. The molecule has 0 bridgehead atoms. The van der Waals surface area contributed by atoms with Crippen molar-refractivity contribution in [1.82, 2.24) is 4.98 Å². The van der Waals surface area contributed by atoms with E-state index in [-0.39, 0.29) is 5.69 Å². The van der Waals surface area contributed by atoms with E-state index in [1.54, 1.807) is 30.3 Å². The molecule has 0 aliphatic carbocycles. The molecule has 0 fully saturated rings. The number of rotatable bonds is 2. The molecule has 3 aromatic rings. The van der Waals surface area contributed by atoms with Crippen LogP contribution in [0.4, 0.5) is 0 Å². The Morgan fingerprint density at radius 1 is 1.05 bits per heavy atom. The summed E-state index contributed by atoms with van der Waals surface area (Å²) in [5.41, 5.74) is 2.09. The highest BCUT2D eigenvalue weighted by atomic mass is 35.5. The molecule has 3 rings (SSSR count). The summed E-state index contributed by atoms with van der Waals surface area (Å²) in [6.45, 7) is 0. The zero-order valence-corrected chi connectivity index (χ0v) is 11.1. The summed E-state index contributed by atoms with van der Waals surface area (Å²) < 4.78 is 0. The van der Waals surface area contributed by atoms with E-state index in [1.165, 1.54) is 0 Å². The van der Waals surface area contributed by atoms with E-state index in [0.29, 0.717) is 16.1 Å². The van der Waals surface area contributed by atoms with Gasteiger partial charge in [0, 0.05) is 16.0 Å². The van der Waals surface area contributed by atoms with E-state index in [1.807, 2.05) is 24.3 Å². The molecule has 0 atom stereocenters. The topological polar surface area (TPSA) is 50.2 Å². The predicted octanol–water partition coefficient (Wildman–Crippen LogP) is 4.25. The molecular formula is C16H10ClNO2.